The van der Waals surface area contributed by atoms with Crippen LogP contribution >= 0.6 is 0 Å². The minimum Gasteiger partial charge on any atom is -0.398 e. The van der Waals surface area contributed by atoms with E-state index in [1.165, 1.54) is 6.07 Å². The monoisotopic (exact) mass is 232 g/mol. The molecule has 0 aliphatic rings. The Hall–Kier alpha value is -2.70. The van der Waals surface area contributed by atoms with Gasteiger partial charge in [-0.1, -0.05) is 17.3 Å². The average molecular weight is 232 g/mol. The van der Waals surface area contributed by atoms with E-state index in [4.69, 9.17) is 5.73 Å². The maximum absolute atomic E-state index is 11.7. The van der Waals surface area contributed by atoms with Crippen molar-refractivity contribution in [3.63, 3.8) is 0 Å². The summed E-state index contributed by atoms with van der Waals surface area (Å²) in [5.74, 6) is -1.30. The molecule has 0 bridgehead atoms. The number of amides is 2. The molecule has 0 atom stereocenters. The predicted octanol–water partition coefficient (Wildman–Crippen LogP) is 0.222. The SMILES string of the molecule is Nc1ccccc1C(=O)NC(=O)c1cnon1. The molecule has 2 aromatic rings. The van der Waals surface area contributed by atoms with Gasteiger partial charge in [-0.25, -0.2) is 4.63 Å². The number of benzene rings is 1. The lowest BCUT2D eigenvalue weighted by atomic mass is 10.1. The van der Waals surface area contributed by atoms with Crippen LogP contribution in [-0.4, -0.2) is 22.1 Å². The van der Waals surface area contributed by atoms with E-state index >= 15 is 0 Å². The molecule has 7 heteroatoms. The highest BCUT2D eigenvalue weighted by atomic mass is 16.6. The maximum Gasteiger partial charge on any atom is 0.282 e. The minimum absolute atomic E-state index is 0.0761. The van der Waals surface area contributed by atoms with Gasteiger partial charge < -0.3 is 5.73 Å². The van der Waals surface area contributed by atoms with Gasteiger partial charge in [-0.2, -0.15) is 0 Å². The smallest absolute Gasteiger partial charge is 0.282 e. The molecule has 3 N–H and O–H groups in total. The maximum atomic E-state index is 11.7. The van der Waals surface area contributed by atoms with Gasteiger partial charge in [0.2, 0.25) is 0 Å². The van der Waals surface area contributed by atoms with Crippen LogP contribution in [0.2, 0.25) is 0 Å². The number of hydrogen-bond acceptors (Lipinski definition) is 6. The fraction of sp³-hybridized carbons (Fsp3) is 0. The zero-order valence-electron chi connectivity index (χ0n) is 8.58. The van der Waals surface area contributed by atoms with Crippen LogP contribution in [0.25, 0.3) is 0 Å². The Labute approximate surface area is 95.6 Å². The summed E-state index contributed by atoms with van der Waals surface area (Å²) in [6, 6.07) is 6.42. The van der Waals surface area contributed by atoms with Gasteiger partial charge in [0, 0.05) is 5.69 Å². The molecule has 86 valence electrons. The molecule has 1 aromatic heterocycles. The molecule has 0 unspecified atom stereocenters. The van der Waals surface area contributed by atoms with E-state index in [-0.39, 0.29) is 16.9 Å². The van der Waals surface area contributed by atoms with Crippen LogP contribution in [0.15, 0.2) is 35.1 Å². The fourth-order valence-corrected chi connectivity index (χ4v) is 1.20. The number of anilines is 1. The molecule has 0 aliphatic heterocycles. The third kappa shape index (κ3) is 2.28. The van der Waals surface area contributed by atoms with E-state index in [0.29, 0.717) is 0 Å². The van der Waals surface area contributed by atoms with Gasteiger partial charge in [-0.3, -0.25) is 14.9 Å². The molecule has 2 amide bonds. The van der Waals surface area contributed by atoms with Crippen molar-refractivity contribution in [1.82, 2.24) is 15.6 Å². The standard InChI is InChI=1S/C10H8N4O3/c11-7-4-2-1-3-6(7)9(15)13-10(16)8-5-12-17-14-8/h1-5H,11H2,(H,13,15,16). The average Bonchev–Trinajstić information content (AvgIpc) is 2.82. The Kier molecular flexibility index (Phi) is 2.82. The largest absolute Gasteiger partial charge is 0.398 e. The first-order valence-corrected chi connectivity index (χ1v) is 4.66. The van der Waals surface area contributed by atoms with Crippen LogP contribution < -0.4 is 11.1 Å². The third-order valence-electron chi connectivity index (χ3n) is 2.03. The number of nitrogens with two attached hydrogens (primary N) is 1. The highest BCUT2D eigenvalue weighted by Crippen LogP contribution is 2.10. The van der Waals surface area contributed by atoms with Gasteiger partial charge in [-0.05, 0) is 17.3 Å². The number of nitrogens with zero attached hydrogens (tertiary/aromatic N) is 2. The van der Waals surface area contributed by atoms with Crippen LogP contribution in [0.4, 0.5) is 5.69 Å². The summed E-state index contributed by atoms with van der Waals surface area (Å²) >= 11 is 0. The molecule has 0 radical (unpaired) electrons. The second-order valence-corrected chi connectivity index (χ2v) is 3.16. The van der Waals surface area contributed by atoms with E-state index < -0.39 is 11.8 Å². The normalized spacial score (nSPS) is 9.88. The topological polar surface area (TPSA) is 111 Å². The van der Waals surface area contributed by atoms with Crippen molar-refractivity contribution in [2.75, 3.05) is 5.73 Å². The number of hydrogen-bond donors (Lipinski definition) is 2. The zero-order valence-corrected chi connectivity index (χ0v) is 8.58. The predicted molar refractivity (Wildman–Crippen MR) is 56.9 cm³/mol. The van der Waals surface area contributed by atoms with E-state index in [1.807, 2.05) is 0 Å². The lowest BCUT2D eigenvalue weighted by Gasteiger charge is -2.04. The minimum atomic E-state index is -0.695. The molecule has 0 saturated heterocycles. The Balaban J connectivity index is 2.13. The molecular formula is C10H8N4O3. The Morgan fingerprint density at radius 2 is 2.00 bits per heavy atom. The van der Waals surface area contributed by atoms with Crippen molar-refractivity contribution in [3.05, 3.63) is 41.7 Å². The molecule has 7 nitrogen and oxygen atoms in total. The van der Waals surface area contributed by atoms with E-state index in [2.05, 4.69) is 20.3 Å². The van der Waals surface area contributed by atoms with Crippen molar-refractivity contribution >= 4 is 17.5 Å². The molecule has 0 spiro atoms. The van der Waals surface area contributed by atoms with Crippen LogP contribution in [0.1, 0.15) is 20.8 Å². The van der Waals surface area contributed by atoms with Crippen LogP contribution in [0.3, 0.4) is 0 Å². The fourth-order valence-electron chi connectivity index (χ4n) is 1.20. The van der Waals surface area contributed by atoms with Crippen molar-refractivity contribution in [3.8, 4) is 0 Å². The number of rotatable bonds is 2. The van der Waals surface area contributed by atoms with E-state index in [9.17, 15) is 9.59 Å². The molecular weight excluding hydrogens is 224 g/mol. The summed E-state index contributed by atoms with van der Waals surface area (Å²) in [5.41, 5.74) is 6.03. The molecule has 0 fully saturated rings. The number of aromatic nitrogens is 2. The van der Waals surface area contributed by atoms with Crippen LogP contribution in [0.5, 0.6) is 0 Å². The summed E-state index contributed by atoms with van der Waals surface area (Å²) in [5, 5.41) is 8.68. The molecule has 17 heavy (non-hydrogen) atoms. The molecule has 2 rings (SSSR count). The first-order chi connectivity index (χ1) is 8.18. The van der Waals surface area contributed by atoms with Crippen LogP contribution in [0, 0.1) is 0 Å². The number of carbonyl (C=O) groups is 2. The summed E-state index contributed by atoms with van der Waals surface area (Å²) in [4.78, 5) is 23.1. The van der Waals surface area contributed by atoms with E-state index in [0.717, 1.165) is 6.20 Å². The van der Waals surface area contributed by atoms with Crippen molar-refractivity contribution in [2.45, 2.75) is 0 Å². The number of nitrogen functional groups attached to an aromatic ring is 1. The van der Waals surface area contributed by atoms with Gasteiger partial charge in [-0.15, -0.1) is 0 Å². The van der Waals surface area contributed by atoms with Gasteiger partial charge in [0.05, 0.1) is 5.56 Å². The van der Waals surface area contributed by atoms with Crippen molar-refractivity contribution in [1.29, 1.82) is 0 Å². The second kappa shape index (κ2) is 4.44. The van der Waals surface area contributed by atoms with Gasteiger partial charge in [0.1, 0.15) is 6.20 Å². The van der Waals surface area contributed by atoms with Crippen molar-refractivity contribution in [2.24, 2.45) is 0 Å². The Morgan fingerprint density at radius 3 is 2.65 bits per heavy atom. The highest BCUT2D eigenvalue weighted by molar-refractivity contribution is 6.11. The quantitative estimate of drug-likeness (QED) is 0.566. The van der Waals surface area contributed by atoms with Crippen molar-refractivity contribution < 1.29 is 14.2 Å². The molecule has 1 heterocycles. The summed E-state index contributed by atoms with van der Waals surface area (Å²) in [6.07, 6.45) is 1.11. The van der Waals surface area contributed by atoms with Gasteiger partial charge >= 0.3 is 0 Å². The Morgan fingerprint density at radius 1 is 1.24 bits per heavy atom. The number of carbonyl (C=O) groups excluding carboxylic acids is 2. The first kappa shape index (κ1) is 10.8. The number of para-hydroxylation sites is 1. The highest BCUT2D eigenvalue weighted by Gasteiger charge is 2.16. The lowest BCUT2D eigenvalue weighted by molar-refractivity contribution is 0.0844. The van der Waals surface area contributed by atoms with E-state index in [1.54, 1.807) is 18.2 Å². The first-order valence-electron chi connectivity index (χ1n) is 4.66. The lowest BCUT2D eigenvalue weighted by Crippen LogP contribution is -2.31. The number of nitrogens with one attached hydrogen (secondary N) is 1. The third-order valence-corrected chi connectivity index (χ3v) is 2.03. The Bertz CT molecular complexity index is 550. The second-order valence-electron chi connectivity index (χ2n) is 3.16. The molecule has 1 aromatic carbocycles. The summed E-state index contributed by atoms with van der Waals surface area (Å²) in [6.45, 7) is 0. The van der Waals surface area contributed by atoms with Crippen LogP contribution in [-0.2, 0) is 0 Å². The van der Waals surface area contributed by atoms with Gasteiger partial charge in [0.15, 0.2) is 5.69 Å². The number of imide groups is 1. The van der Waals surface area contributed by atoms with Gasteiger partial charge in [0.25, 0.3) is 11.8 Å². The molecule has 0 saturated carbocycles. The summed E-state index contributed by atoms with van der Waals surface area (Å²) in [7, 11) is 0. The molecule has 0 aliphatic carbocycles. The summed E-state index contributed by atoms with van der Waals surface area (Å²) < 4.78 is 4.25. The zero-order chi connectivity index (χ0) is 12.3.